The normalized spacial score (nSPS) is 27.8. The van der Waals surface area contributed by atoms with E-state index in [0.29, 0.717) is 31.6 Å². The van der Waals surface area contributed by atoms with Crippen molar-refractivity contribution < 1.29 is 23.1 Å². The van der Waals surface area contributed by atoms with E-state index in [4.69, 9.17) is 0 Å². The number of nitrogens with one attached hydrogen (secondary N) is 1. The van der Waals surface area contributed by atoms with Crippen LogP contribution in [0.15, 0.2) is 0 Å². The number of amides is 1. The molecule has 0 bridgehead atoms. The van der Waals surface area contributed by atoms with Crippen molar-refractivity contribution in [2.75, 3.05) is 11.5 Å². The fraction of sp³-hybridized carbons (Fsp3) is 0.833. The van der Waals surface area contributed by atoms with Gasteiger partial charge < -0.3 is 10.4 Å². The highest BCUT2D eigenvalue weighted by Crippen LogP contribution is 2.32. The Hall–Kier alpha value is -1.11. The van der Waals surface area contributed by atoms with Gasteiger partial charge in [0.05, 0.1) is 0 Å². The van der Waals surface area contributed by atoms with Crippen LogP contribution in [0.25, 0.3) is 0 Å². The van der Waals surface area contributed by atoms with Crippen LogP contribution in [0.2, 0.25) is 0 Å². The topological polar surface area (TPSA) is 101 Å². The first-order valence-electron chi connectivity index (χ1n) is 6.45. The molecule has 0 aliphatic heterocycles. The van der Waals surface area contributed by atoms with Gasteiger partial charge in [0.25, 0.3) is 0 Å². The van der Waals surface area contributed by atoms with Gasteiger partial charge in [-0.05, 0) is 31.6 Å². The SMILES string of the molecule is CCS(=O)(=O)CC(=O)NC1(C(=O)O)CCC(C)CC1. The Morgan fingerprint density at radius 1 is 1.32 bits per heavy atom. The van der Waals surface area contributed by atoms with E-state index in [-0.39, 0.29) is 5.75 Å². The number of carbonyl (C=O) groups excluding carboxylic acids is 1. The molecule has 0 aromatic carbocycles. The maximum absolute atomic E-state index is 11.7. The molecule has 0 radical (unpaired) electrons. The predicted molar refractivity (Wildman–Crippen MR) is 70.5 cm³/mol. The predicted octanol–water partition coefficient (Wildman–Crippen LogP) is 0.571. The van der Waals surface area contributed by atoms with Crippen LogP contribution in [0.5, 0.6) is 0 Å². The van der Waals surface area contributed by atoms with Crippen LogP contribution < -0.4 is 5.32 Å². The lowest BCUT2D eigenvalue weighted by Gasteiger charge is -2.36. The lowest BCUT2D eigenvalue weighted by Crippen LogP contribution is -2.57. The fourth-order valence-electron chi connectivity index (χ4n) is 2.25. The summed E-state index contributed by atoms with van der Waals surface area (Å²) in [5.74, 6) is -2.14. The molecule has 0 heterocycles. The number of hydrogen-bond donors (Lipinski definition) is 2. The number of hydrogen-bond acceptors (Lipinski definition) is 4. The minimum atomic E-state index is -3.44. The van der Waals surface area contributed by atoms with Crippen LogP contribution >= 0.6 is 0 Å². The zero-order valence-corrected chi connectivity index (χ0v) is 12.1. The van der Waals surface area contributed by atoms with Gasteiger partial charge in [-0.3, -0.25) is 4.79 Å². The Bertz CT molecular complexity index is 449. The van der Waals surface area contributed by atoms with Crippen molar-refractivity contribution in [2.24, 2.45) is 5.92 Å². The summed E-state index contributed by atoms with van der Waals surface area (Å²) in [4.78, 5) is 23.1. The summed E-state index contributed by atoms with van der Waals surface area (Å²) in [5.41, 5.74) is -1.30. The average molecular weight is 291 g/mol. The zero-order chi connectivity index (χ0) is 14.7. The third-order valence-electron chi connectivity index (χ3n) is 3.71. The van der Waals surface area contributed by atoms with E-state index in [2.05, 4.69) is 5.32 Å². The molecule has 0 spiro atoms. The third kappa shape index (κ3) is 4.19. The van der Waals surface area contributed by atoms with E-state index in [1.165, 1.54) is 6.92 Å². The molecule has 0 aromatic rings. The van der Waals surface area contributed by atoms with Crippen LogP contribution in [-0.2, 0) is 19.4 Å². The Balaban J connectivity index is 2.75. The first-order valence-corrected chi connectivity index (χ1v) is 8.28. The summed E-state index contributed by atoms with van der Waals surface area (Å²) in [6.45, 7) is 3.49. The molecule has 1 saturated carbocycles. The maximum Gasteiger partial charge on any atom is 0.329 e. The number of aliphatic carboxylic acids is 1. The van der Waals surface area contributed by atoms with Crippen molar-refractivity contribution in [3.8, 4) is 0 Å². The second kappa shape index (κ2) is 5.90. The van der Waals surface area contributed by atoms with Gasteiger partial charge in [-0.1, -0.05) is 13.8 Å². The summed E-state index contributed by atoms with van der Waals surface area (Å²) in [5, 5.41) is 11.7. The van der Waals surface area contributed by atoms with Crippen LogP contribution in [0, 0.1) is 5.92 Å². The number of rotatable bonds is 5. The van der Waals surface area contributed by atoms with Crippen molar-refractivity contribution in [2.45, 2.75) is 45.1 Å². The molecule has 1 aliphatic carbocycles. The molecule has 1 aliphatic rings. The summed E-state index contributed by atoms with van der Waals surface area (Å²) < 4.78 is 22.7. The van der Waals surface area contributed by atoms with Gasteiger partial charge in [-0.25, -0.2) is 13.2 Å². The molecular weight excluding hydrogens is 270 g/mol. The Morgan fingerprint density at radius 3 is 2.26 bits per heavy atom. The third-order valence-corrected chi connectivity index (χ3v) is 5.29. The van der Waals surface area contributed by atoms with Gasteiger partial charge >= 0.3 is 5.97 Å². The molecule has 6 nitrogen and oxygen atoms in total. The molecule has 1 fully saturated rings. The van der Waals surface area contributed by atoms with Crippen LogP contribution in [-0.4, -0.2) is 42.4 Å². The Kier molecular flexibility index (Phi) is 4.95. The maximum atomic E-state index is 11.7. The summed E-state index contributed by atoms with van der Waals surface area (Å²) >= 11 is 0. The summed E-state index contributed by atoms with van der Waals surface area (Å²) in [6.07, 6.45) is 2.13. The second-order valence-corrected chi connectivity index (χ2v) is 7.65. The van der Waals surface area contributed by atoms with Crippen LogP contribution in [0.3, 0.4) is 0 Å². The van der Waals surface area contributed by atoms with Crippen molar-refractivity contribution >= 4 is 21.7 Å². The van der Waals surface area contributed by atoms with E-state index < -0.39 is 33.0 Å². The van der Waals surface area contributed by atoms with Crippen molar-refractivity contribution in [1.29, 1.82) is 0 Å². The molecule has 0 atom stereocenters. The lowest BCUT2D eigenvalue weighted by molar-refractivity contribution is -0.149. The molecule has 2 N–H and O–H groups in total. The first kappa shape index (κ1) is 15.9. The van der Waals surface area contributed by atoms with E-state index in [1.54, 1.807) is 0 Å². The Labute approximate surface area is 113 Å². The lowest BCUT2D eigenvalue weighted by atomic mass is 9.77. The Morgan fingerprint density at radius 2 is 1.84 bits per heavy atom. The standard InChI is InChI=1S/C12H21NO5S/c1-3-19(17,18)8-10(14)13-12(11(15)16)6-4-9(2)5-7-12/h9H,3-8H2,1-2H3,(H,13,14)(H,15,16). The quantitative estimate of drug-likeness (QED) is 0.771. The summed E-state index contributed by atoms with van der Waals surface area (Å²) in [7, 11) is -3.44. The molecule has 1 rings (SSSR count). The van der Waals surface area contributed by atoms with Crippen molar-refractivity contribution in [1.82, 2.24) is 5.32 Å². The van der Waals surface area contributed by atoms with Crippen molar-refractivity contribution in [3.05, 3.63) is 0 Å². The van der Waals surface area contributed by atoms with Gasteiger partial charge in [0, 0.05) is 5.75 Å². The van der Waals surface area contributed by atoms with Crippen LogP contribution in [0.1, 0.15) is 39.5 Å². The molecule has 0 saturated heterocycles. The van der Waals surface area contributed by atoms with Gasteiger partial charge in [0.2, 0.25) is 5.91 Å². The van der Waals surface area contributed by atoms with Crippen molar-refractivity contribution in [3.63, 3.8) is 0 Å². The highest BCUT2D eigenvalue weighted by molar-refractivity contribution is 7.92. The highest BCUT2D eigenvalue weighted by atomic mass is 32.2. The summed E-state index contributed by atoms with van der Waals surface area (Å²) in [6, 6.07) is 0. The van der Waals surface area contributed by atoms with Gasteiger partial charge in [0.15, 0.2) is 9.84 Å². The first-order chi connectivity index (χ1) is 8.71. The van der Waals surface area contributed by atoms with E-state index in [1.807, 2.05) is 6.92 Å². The largest absolute Gasteiger partial charge is 0.480 e. The minimum Gasteiger partial charge on any atom is -0.480 e. The molecule has 1 amide bonds. The average Bonchev–Trinajstić information content (AvgIpc) is 2.31. The van der Waals surface area contributed by atoms with Gasteiger partial charge in [0.1, 0.15) is 11.3 Å². The van der Waals surface area contributed by atoms with Gasteiger partial charge in [-0.2, -0.15) is 0 Å². The number of carboxylic acid groups (broad SMARTS) is 1. The van der Waals surface area contributed by atoms with E-state index in [9.17, 15) is 23.1 Å². The minimum absolute atomic E-state index is 0.127. The van der Waals surface area contributed by atoms with E-state index in [0.717, 1.165) is 0 Å². The fourth-order valence-corrected chi connectivity index (χ4v) is 2.93. The number of carboxylic acids is 1. The molecule has 0 aromatic heterocycles. The molecule has 7 heteroatoms. The molecular formula is C12H21NO5S. The van der Waals surface area contributed by atoms with Gasteiger partial charge in [-0.15, -0.1) is 0 Å². The monoisotopic (exact) mass is 291 g/mol. The molecule has 110 valence electrons. The second-order valence-electron chi connectivity index (χ2n) is 5.29. The zero-order valence-electron chi connectivity index (χ0n) is 11.3. The smallest absolute Gasteiger partial charge is 0.329 e. The van der Waals surface area contributed by atoms with E-state index >= 15 is 0 Å². The highest BCUT2D eigenvalue weighted by Gasteiger charge is 2.42. The number of carbonyl (C=O) groups is 2. The van der Waals surface area contributed by atoms with Crippen LogP contribution in [0.4, 0.5) is 0 Å². The molecule has 19 heavy (non-hydrogen) atoms. The molecule has 0 unspecified atom stereocenters. The number of sulfone groups is 1.